The number of likely N-dealkylation sites (N-methyl/N-ethyl adjacent to an activating group) is 2. The van der Waals surface area contributed by atoms with Gasteiger partial charge in [0.25, 0.3) is 0 Å². The molecule has 2 amide bonds. The van der Waals surface area contributed by atoms with E-state index >= 15 is 0 Å². The normalized spacial score (nSPS) is 12.8. The molecule has 2 unspecified atom stereocenters. The van der Waals surface area contributed by atoms with Crippen LogP contribution < -0.4 is 9.32 Å². The Kier molecular flexibility index (Phi) is 9.76. The van der Waals surface area contributed by atoms with Crippen LogP contribution in [0, 0.1) is 0 Å². The van der Waals surface area contributed by atoms with Crippen molar-refractivity contribution in [1.29, 1.82) is 0 Å². The van der Waals surface area contributed by atoms with Gasteiger partial charge in [-0.15, -0.1) is 22.7 Å². The maximum absolute atomic E-state index is 14.1. The average molecular weight is 615 g/mol. The number of amides is 2. The summed E-state index contributed by atoms with van der Waals surface area (Å²) in [6.07, 6.45) is 0.0358. The van der Waals surface area contributed by atoms with E-state index in [1.165, 1.54) is 35.5 Å². The van der Waals surface area contributed by atoms with Gasteiger partial charge in [-0.25, -0.2) is 9.78 Å². The minimum Gasteiger partial charge on any atom is -0.453 e. The molecule has 13 heteroatoms. The number of rotatable bonds is 11. The number of thiophene rings is 1. The highest BCUT2D eigenvalue weighted by Crippen LogP contribution is 2.33. The molecule has 41 heavy (non-hydrogen) atoms. The van der Waals surface area contributed by atoms with E-state index in [-0.39, 0.29) is 11.7 Å². The van der Waals surface area contributed by atoms with Crippen LogP contribution in [0.5, 0.6) is 5.75 Å². The highest BCUT2D eigenvalue weighted by Gasteiger charge is 2.34. The van der Waals surface area contributed by atoms with Gasteiger partial charge in [0.1, 0.15) is 16.8 Å². The lowest BCUT2D eigenvalue weighted by Crippen LogP contribution is -2.50. The van der Waals surface area contributed by atoms with Crippen LogP contribution in [-0.4, -0.2) is 62.4 Å². The second-order valence-corrected chi connectivity index (χ2v) is 12.2. The zero-order chi connectivity index (χ0) is 29.6. The van der Waals surface area contributed by atoms with Crippen LogP contribution in [0.25, 0.3) is 9.88 Å². The molecule has 2 aromatic heterocycles. The van der Waals surface area contributed by atoms with Gasteiger partial charge in [-0.3, -0.25) is 9.69 Å². The predicted octanol–water partition coefficient (Wildman–Crippen LogP) is 4.51. The highest BCUT2D eigenvalue weighted by molar-refractivity contribution is 7.84. The minimum absolute atomic E-state index is 0.0773. The van der Waals surface area contributed by atoms with Crippen molar-refractivity contribution in [2.75, 3.05) is 21.2 Å². The summed E-state index contributed by atoms with van der Waals surface area (Å²) in [5.41, 5.74) is 2.40. The number of nitrogens with two attached hydrogens (primary N) is 1. The van der Waals surface area contributed by atoms with Crippen molar-refractivity contribution < 1.29 is 26.9 Å². The van der Waals surface area contributed by atoms with E-state index in [0.717, 1.165) is 21.0 Å². The molecule has 0 radical (unpaired) electrons. The fourth-order valence-electron chi connectivity index (χ4n) is 4.32. The fraction of sp³-hybridized carbons (Fsp3) is 0.250. The summed E-state index contributed by atoms with van der Waals surface area (Å²) in [7, 11) is 0.359. The standard InChI is InChI=1S/C28H30N4O6S3/c1-31(27(33)24(32(2)28(34)37-3)17-19-8-5-4-6-9-19)23(22-18-40-26(30-22)25-10-7-15-39-25)16-20-11-13-21(14-12-20)38-41(29,35)36/h4-15,18,23-24H,16-17H2,1-3H3,(H2,29,35,36). The number of carbonyl (C=O) groups is 2. The number of nitrogens with zero attached hydrogens (tertiary/aromatic N) is 3. The first kappa shape index (κ1) is 30.2. The van der Waals surface area contributed by atoms with Crippen molar-refractivity contribution in [3.63, 3.8) is 0 Å². The summed E-state index contributed by atoms with van der Waals surface area (Å²) in [5, 5.41) is 9.72. The molecule has 2 N–H and O–H groups in total. The molecule has 2 heterocycles. The van der Waals surface area contributed by atoms with Crippen molar-refractivity contribution in [2.24, 2.45) is 5.14 Å². The number of ether oxygens (including phenoxy) is 1. The first-order valence-electron chi connectivity index (χ1n) is 12.5. The third kappa shape index (κ3) is 7.91. The lowest BCUT2D eigenvalue weighted by molar-refractivity contribution is -0.137. The van der Waals surface area contributed by atoms with E-state index in [1.54, 1.807) is 42.5 Å². The first-order valence-corrected chi connectivity index (χ1v) is 15.7. The van der Waals surface area contributed by atoms with Gasteiger partial charge < -0.3 is 13.8 Å². The number of hydrogen-bond acceptors (Lipinski definition) is 9. The van der Waals surface area contributed by atoms with Gasteiger partial charge in [-0.1, -0.05) is 48.5 Å². The Morgan fingerprint density at radius 3 is 2.22 bits per heavy atom. The van der Waals surface area contributed by atoms with Gasteiger partial charge in [0.05, 0.1) is 23.7 Å². The second kappa shape index (κ2) is 13.3. The molecule has 0 aliphatic heterocycles. The Labute approximate surface area is 247 Å². The highest BCUT2D eigenvalue weighted by atomic mass is 32.2. The number of hydrogen-bond donors (Lipinski definition) is 1. The molecule has 4 rings (SSSR count). The molecule has 0 spiro atoms. The number of benzene rings is 2. The minimum atomic E-state index is -4.16. The molecule has 0 saturated heterocycles. The zero-order valence-corrected chi connectivity index (χ0v) is 25.1. The van der Waals surface area contributed by atoms with Crippen molar-refractivity contribution in [3.8, 4) is 15.6 Å². The van der Waals surface area contributed by atoms with E-state index in [0.29, 0.717) is 18.5 Å². The quantitative estimate of drug-likeness (QED) is 0.263. The zero-order valence-electron chi connectivity index (χ0n) is 22.7. The average Bonchev–Trinajstić information content (AvgIpc) is 3.66. The van der Waals surface area contributed by atoms with Crippen molar-refractivity contribution in [1.82, 2.24) is 14.8 Å². The van der Waals surface area contributed by atoms with Crippen LogP contribution >= 0.6 is 22.7 Å². The molecule has 2 atom stereocenters. The van der Waals surface area contributed by atoms with Crippen LogP contribution in [0.3, 0.4) is 0 Å². The molecular weight excluding hydrogens is 585 g/mol. The van der Waals surface area contributed by atoms with E-state index in [1.807, 2.05) is 53.2 Å². The fourth-order valence-corrected chi connectivity index (χ4v) is 6.38. The van der Waals surface area contributed by atoms with E-state index in [2.05, 4.69) is 0 Å². The van der Waals surface area contributed by atoms with Crippen LogP contribution in [0.1, 0.15) is 22.9 Å². The maximum atomic E-state index is 14.1. The molecule has 216 valence electrons. The summed E-state index contributed by atoms with van der Waals surface area (Å²) < 4.78 is 32.3. The lowest BCUT2D eigenvalue weighted by atomic mass is 9.99. The molecule has 10 nitrogen and oxygen atoms in total. The second-order valence-electron chi connectivity index (χ2n) is 9.23. The third-order valence-corrected chi connectivity index (χ3v) is 8.79. The Hall–Kier alpha value is -3.78. The monoisotopic (exact) mass is 614 g/mol. The molecular formula is C28H30N4O6S3. The number of aromatic nitrogens is 1. The van der Waals surface area contributed by atoms with E-state index in [4.69, 9.17) is 19.0 Å². The first-order chi connectivity index (χ1) is 19.6. The molecule has 0 fully saturated rings. The van der Waals surface area contributed by atoms with Gasteiger partial charge >= 0.3 is 16.4 Å². The maximum Gasteiger partial charge on any atom is 0.409 e. The number of thiazole rings is 1. The van der Waals surface area contributed by atoms with Crippen LogP contribution in [0.4, 0.5) is 4.79 Å². The third-order valence-electron chi connectivity index (χ3n) is 6.46. The van der Waals surface area contributed by atoms with E-state index < -0.39 is 28.5 Å². The Balaban J connectivity index is 1.67. The van der Waals surface area contributed by atoms with Crippen molar-refractivity contribution in [2.45, 2.75) is 24.9 Å². The number of methoxy groups -OCH3 is 1. The molecule has 0 bridgehead atoms. The smallest absolute Gasteiger partial charge is 0.409 e. The summed E-state index contributed by atoms with van der Waals surface area (Å²) in [6.45, 7) is 0. The van der Waals surface area contributed by atoms with Crippen LogP contribution in [0.15, 0.2) is 77.5 Å². The predicted molar refractivity (Wildman–Crippen MR) is 159 cm³/mol. The largest absolute Gasteiger partial charge is 0.453 e. The summed E-state index contributed by atoms with van der Waals surface area (Å²) in [5.74, 6) is -0.208. The van der Waals surface area contributed by atoms with Gasteiger partial charge in [-0.05, 0) is 41.1 Å². The molecule has 0 aliphatic carbocycles. The van der Waals surface area contributed by atoms with Gasteiger partial charge in [0.15, 0.2) is 0 Å². The molecule has 0 aliphatic rings. The summed E-state index contributed by atoms with van der Waals surface area (Å²) in [6, 6.07) is 18.5. The van der Waals surface area contributed by atoms with Crippen LogP contribution in [0.2, 0.25) is 0 Å². The van der Waals surface area contributed by atoms with Crippen LogP contribution in [-0.2, 0) is 32.7 Å². The van der Waals surface area contributed by atoms with Gasteiger partial charge in [0, 0.05) is 25.9 Å². The lowest BCUT2D eigenvalue weighted by Gasteiger charge is -2.34. The number of carbonyl (C=O) groups excluding carboxylic acids is 2. The SMILES string of the molecule is COC(=O)N(C)C(Cc1ccccc1)C(=O)N(C)C(Cc1ccc(OS(N)(=O)=O)cc1)c1csc(-c2cccs2)n1. The Morgan fingerprint density at radius 2 is 1.61 bits per heavy atom. The Bertz CT molecular complexity index is 1560. The van der Waals surface area contributed by atoms with Crippen molar-refractivity contribution >= 4 is 45.0 Å². The Morgan fingerprint density at radius 1 is 0.927 bits per heavy atom. The summed E-state index contributed by atoms with van der Waals surface area (Å²) in [4.78, 5) is 35.4. The molecule has 4 aromatic rings. The topological polar surface area (TPSA) is 132 Å². The summed E-state index contributed by atoms with van der Waals surface area (Å²) >= 11 is 3.06. The van der Waals surface area contributed by atoms with Gasteiger partial charge in [0.2, 0.25) is 5.91 Å². The van der Waals surface area contributed by atoms with E-state index in [9.17, 15) is 18.0 Å². The molecule has 0 saturated carbocycles. The van der Waals surface area contributed by atoms with Gasteiger partial charge in [-0.2, -0.15) is 13.6 Å². The van der Waals surface area contributed by atoms with Crippen molar-refractivity contribution in [3.05, 3.63) is 94.3 Å². The molecule has 2 aromatic carbocycles.